The lowest BCUT2D eigenvalue weighted by atomic mass is 10.2. The molecule has 0 spiro atoms. The summed E-state index contributed by atoms with van der Waals surface area (Å²) < 4.78 is 0. The van der Waals surface area contributed by atoms with Crippen LogP contribution in [0.25, 0.3) is 0 Å². The van der Waals surface area contributed by atoms with Crippen LogP contribution in [0.3, 0.4) is 0 Å². The Morgan fingerprint density at radius 2 is 2.10 bits per heavy atom. The zero-order valence-electron chi connectivity index (χ0n) is 12.3. The molecule has 2 aromatic rings. The lowest BCUT2D eigenvalue weighted by Crippen LogP contribution is -2.11. The molecule has 0 aliphatic carbocycles. The Morgan fingerprint density at radius 3 is 2.71 bits per heavy atom. The third kappa shape index (κ3) is 6.44. The number of rotatable bonds is 4. The number of pyridine rings is 1. The summed E-state index contributed by atoms with van der Waals surface area (Å²) in [4.78, 5) is 3.96. The van der Waals surface area contributed by atoms with Crippen molar-refractivity contribution in [2.45, 2.75) is 13.3 Å². The minimum atomic E-state index is 0.435. The molecule has 112 valence electrons. The first kappa shape index (κ1) is 16.5. The van der Waals surface area contributed by atoms with Crippen molar-refractivity contribution in [2.75, 3.05) is 17.7 Å². The lowest BCUT2D eigenvalue weighted by Gasteiger charge is -2.07. The summed E-state index contributed by atoms with van der Waals surface area (Å²) in [6.07, 6.45) is 7.91. The molecular formula is C16H23N5. The Labute approximate surface area is 125 Å². The molecule has 21 heavy (non-hydrogen) atoms. The maximum absolute atomic E-state index is 5.58. The number of nitrogen functional groups attached to an aromatic ring is 1. The maximum Gasteiger partial charge on any atom is 0.0628 e. The van der Waals surface area contributed by atoms with Crippen LogP contribution < -0.4 is 22.5 Å². The van der Waals surface area contributed by atoms with Gasteiger partial charge in [0.1, 0.15) is 0 Å². The first-order valence-corrected chi connectivity index (χ1v) is 6.73. The number of nitrogens with zero attached hydrogens (tertiary/aromatic N) is 1. The molecule has 5 nitrogen and oxygen atoms in total. The highest BCUT2D eigenvalue weighted by Crippen LogP contribution is 2.16. The number of hydrogen-bond acceptors (Lipinski definition) is 5. The standard InChI is InChI=1S/C8H13N3.C8H10N2/c1-6-2-3-7(10)4-8(6)11-5-9;9-5-1-3-8-4-2-6-10-7-8/h2-4,11H,5,9-10H2,1H3;1-2,4-7H,3,9H2/b;5-1-. The van der Waals surface area contributed by atoms with Crippen LogP contribution in [0.2, 0.25) is 0 Å². The molecule has 0 aliphatic rings. The van der Waals surface area contributed by atoms with E-state index in [2.05, 4.69) is 10.3 Å². The Hall–Kier alpha value is -2.53. The van der Waals surface area contributed by atoms with Crippen LogP contribution in [0.4, 0.5) is 11.4 Å². The number of anilines is 2. The van der Waals surface area contributed by atoms with Gasteiger partial charge in [-0.3, -0.25) is 4.98 Å². The van der Waals surface area contributed by atoms with Crippen LogP contribution in [0.1, 0.15) is 11.1 Å². The number of aromatic nitrogens is 1. The van der Waals surface area contributed by atoms with Gasteiger partial charge in [0.2, 0.25) is 0 Å². The maximum atomic E-state index is 5.58. The van der Waals surface area contributed by atoms with Crippen molar-refractivity contribution < 1.29 is 0 Å². The molecule has 1 aromatic heterocycles. The van der Waals surface area contributed by atoms with Gasteiger partial charge in [-0.2, -0.15) is 0 Å². The fourth-order valence-corrected chi connectivity index (χ4v) is 1.66. The van der Waals surface area contributed by atoms with E-state index < -0.39 is 0 Å². The molecule has 0 aliphatic heterocycles. The van der Waals surface area contributed by atoms with Crippen molar-refractivity contribution in [3.63, 3.8) is 0 Å². The first-order valence-electron chi connectivity index (χ1n) is 6.73. The van der Waals surface area contributed by atoms with Gasteiger partial charge in [-0.1, -0.05) is 18.2 Å². The minimum absolute atomic E-state index is 0.435. The van der Waals surface area contributed by atoms with Crippen LogP contribution in [0.5, 0.6) is 0 Å². The van der Waals surface area contributed by atoms with E-state index >= 15 is 0 Å². The molecule has 0 amide bonds. The highest BCUT2D eigenvalue weighted by Gasteiger charge is 1.95. The Balaban J connectivity index is 0.000000211. The van der Waals surface area contributed by atoms with Crippen LogP contribution in [0.15, 0.2) is 55.0 Å². The van der Waals surface area contributed by atoms with Crippen molar-refractivity contribution >= 4 is 11.4 Å². The van der Waals surface area contributed by atoms with E-state index in [0.29, 0.717) is 6.67 Å². The molecule has 1 aromatic carbocycles. The highest BCUT2D eigenvalue weighted by molar-refractivity contribution is 5.58. The van der Waals surface area contributed by atoms with Gasteiger partial charge < -0.3 is 22.5 Å². The quantitative estimate of drug-likeness (QED) is 0.508. The number of hydrogen-bond donors (Lipinski definition) is 4. The zero-order valence-corrected chi connectivity index (χ0v) is 12.3. The van der Waals surface area contributed by atoms with Gasteiger partial charge in [-0.15, -0.1) is 0 Å². The van der Waals surface area contributed by atoms with E-state index in [1.54, 1.807) is 12.4 Å². The lowest BCUT2D eigenvalue weighted by molar-refractivity contribution is 1.14. The predicted octanol–water partition coefficient (Wildman–Crippen LogP) is 2.00. The average Bonchev–Trinajstić information content (AvgIpc) is 2.51. The van der Waals surface area contributed by atoms with E-state index in [9.17, 15) is 0 Å². The molecular weight excluding hydrogens is 262 g/mol. The third-order valence-electron chi connectivity index (χ3n) is 2.77. The Morgan fingerprint density at radius 1 is 1.29 bits per heavy atom. The van der Waals surface area contributed by atoms with Crippen molar-refractivity contribution in [1.29, 1.82) is 0 Å². The second kappa shape index (κ2) is 9.39. The van der Waals surface area contributed by atoms with Gasteiger partial charge in [0.05, 0.1) is 6.67 Å². The number of allylic oxidation sites excluding steroid dienone is 1. The second-order valence-electron chi connectivity index (χ2n) is 4.45. The number of nitrogens with one attached hydrogen (secondary N) is 1. The molecule has 2 rings (SSSR count). The smallest absolute Gasteiger partial charge is 0.0628 e. The molecule has 0 saturated heterocycles. The van der Waals surface area contributed by atoms with Crippen LogP contribution in [-0.2, 0) is 6.42 Å². The molecule has 0 bridgehead atoms. The van der Waals surface area contributed by atoms with E-state index in [0.717, 1.165) is 23.4 Å². The van der Waals surface area contributed by atoms with Gasteiger partial charge >= 0.3 is 0 Å². The monoisotopic (exact) mass is 285 g/mol. The summed E-state index contributed by atoms with van der Waals surface area (Å²) in [6, 6.07) is 9.65. The van der Waals surface area contributed by atoms with E-state index in [1.165, 1.54) is 5.56 Å². The van der Waals surface area contributed by atoms with Crippen molar-refractivity contribution in [3.05, 3.63) is 66.1 Å². The summed E-state index contributed by atoms with van der Waals surface area (Å²) in [5.41, 5.74) is 20.2. The van der Waals surface area contributed by atoms with Crippen molar-refractivity contribution in [2.24, 2.45) is 11.5 Å². The summed E-state index contributed by atoms with van der Waals surface area (Å²) in [5, 5.41) is 3.01. The van der Waals surface area contributed by atoms with E-state index in [1.807, 2.05) is 49.5 Å². The fourth-order valence-electron chi connectivity index (χ4n) is 1.66. The van der Waals surface area contributed by atoms with E-state index in [4.69, 9.17) is 17.2 Å². The first-order chi connectivity index (χ1) is 10.2. The number of benzene rings is 1. The van der Waals surface area contributed by atoms with Crippen molar-refractivity contribution in [3.8, 4) is 0 Å². The largest absolute Gasteiger partial charge is 0.405 e. The van der Waals surface area contributed by atoms with Gasteiger partial charge in [0.25, 0.3) is 0 Å². The van der Waals surface area contributed by atoms with E-state index in [-0.39, 0.29) is 0 Å². The van der Waals surface area contributed by atoms with Gasteiger partial charge in [-0.05, 0) is 48.9 Å². The normalized spacial score (nSPS) is 10.0. The molecule has 5 heteroatoms. The summed E-state index contributed by atoms with van der Waals surface area (Å²) in [6.45, 7) is 2.45. The topological polar surface area (TPSA) is 103 Å². The fraction of sp³-hybridized carbons (Fsp3) is 0.188. The summed E-state index contributed by atoms with van der Waals surface area (Å²) >= 11 is 0. The molecule has 7 N–H and O–H groups in total. The Bertz CT molecular complexity index is 552. The molecule has 0 fully saturated rings. The summed E-state index contributed by atoms with van der Waals surface area (Å²) in [5.74, 6) is 0. The van der Waals surface area contributed by atoms with Gasteiger partial charge in [0.15, 0.2) is 0 Å². The molecule has 0 atom stereocenters. The highest BCUT2D eigenvalue weighted by atomic mass is 15.0. The number of aryl methyl sites for hydroxylation is 1. The molecule has 0 saturated carbocycles. The molecule has 0 radical (unpaired) electrons. The molecule has 0 unspecified atom stereocenters. The van der Waals surface area contributed by atoms with Crippen LogP contribution in [0, 0.1) is 6.92 Å². The molecule has 1 heterocycles. The summed E-state index contributed by atoms with van der Waals surface area (Å²) in [7, 11) is 0. The Kier molecular flexibility index (Phi) is 7.39. The zero-order chi connectivity index (χ0) is 15.5. The average molecular weight is 285 g/mol. The van der Waals surface area contributed by atoms with Crippen LogP contribution in [-0.4, -0.2) is 11.7 Å². The minimum Gasteiger partial charge on any atom is -0.405 e. The third-order valence-corrected chi connectivity index (χ3v) is 2.77. The van der Waals surface area contributed by atoms with Gasteiger partial charge in [0, 0.05) is 23.8 Å². The van der Waals surface area contributed by atoms with Crippen LogP contribution >= 0.6 is 0 Å². The van der Waals surface area contributed by atoms with Crippen molar-refractivity contribution in [1.82, 2.24) is 4.98 Å². The second-order valence-corrected chi connectivity index (χ2v) is 4.45. The number of nitrogens with two attached hydrogens (primary N) is 3. The van der Waals surface area contributed by atoms with Gasteiger partial charge in [-0.25, -0.2) is 0 Å². The SMILES string of the molecule is Cc1ccc(N)cc1NCN.N/C=C\Cc1cccnc1. The predicted molar refractivity (Wildman–Crippen MR) is 89.5 cm³/mol.